The summed E-state index contributed by atoms with van der Waals surface area (Å²) in [5.74, 6) is -0.649. The molecule has 112 valence electrons. The maximum Gasteiger partial charge on any atom is 0.411 e. The third kappa shape index (κ3) is 6.03. The number of nitrogens with one attached hydrogen (secondary N) is 1. The third-order valence-electron chi connectivity index (χ3n) is 2.49. The van der Waals surface area contributed by atoms with Gasteiger partial charge in [0.05, 0.1) is 0 Å². The number of hydrogen-bond donors (Lipinski definition) is 2. The predicted molar refractivity (Wildman–Crippen MR) is 67.3 cm³/mol. The van der Waals surface area contributed by atoms with Gasteiger partial charge in [0, 0.05) is 12.3 Å². The lowest BCUT2D eigenvalue weighted by atomic mass is 10.1. The molecule has 1 aromatic rings. The van der Waals surface area contributed by atoms with Gasteiger partial charge in [-0.05, 0) is 31.0 Å². The summed E-state index contributed by atoms with van der Waals surface area (Å²) in [6.45, 7) is -0.188. The van der Waals surface area contributed by atoms with Crippen molar-refractivity contribution in [1.29, 1.82) is 0 Å². The van der Waals surface area contributed by atoms with E-state index in [9.17, 15) is 18.0 Å². The fourth-order valence-corrected chi connectivity index (χ4v) is 1.42. The van der Waals surface area contributed by atoms with Crippen LogP contribution < -0.4 is 5.32 Å². The van der Waals surface area contributed by atoms with E-state index >= 15 is 0 Å². The largest absolute Gasteiger partial charge is 0.411 e. The molecule has 1 aromatic carbocycles. The summed E-state index contributed by atoms with van der Waals surface area (Å²) in [6.07, 6.45) is -5.16. The van der Waals surface area contributed by atoms with Gasteiger partial charge in [0.25, 0.3) is 5.91 Å². The third-order valence-corrected chi connectivity index (χ3v) is 2.49. The number of carbonyl (C=O) groups excluding carboxylic acids is 1. The first kappa shape index (κ1) is 16.5. The highest BCUT2D eigenvalue weighted by Crippen LogP contribution is 2.16. The summed E-state index contributed by atoms with van der Waals surface area (Å²) in [7, 11) is 0. The van der Waals surface area contributed by atoms with Crippen molar-refractivity contribution in [1.82, 2.24) is 0 Å². The van der Waals surface area contributed by atoms with E-state index in [1.165, 1.54) is 6.92 Å². The van der Waals surface area contributed by atoms with Crippen LogP contribution in [0.15, 0.2) is 24.3 Å². The summed E-state index contributed by atoms with van der Waals surface area (Å²) < 4.78 is 40.3. The van der Waals surface area contributed by atoms with E-state index in [-0.39, 0.29) is 6.61 Å². The number of aliphatic hydroxyl groups excluding tert-OH is 1. The Balaban J connectivity index is 2.48. The lowest BCUT2D eigenvalue weighted by molar-refractivity contribution is -0.184. The van der Waals surface area contributed by atoms with Crippen molar-refractivity contribution < 1.29 is 27.8 Å². The monoisotopic (exact) mass is 291 g/mol. The Labute approximate surface area is 114 Å². The van der Waals surface area contributed by atoms with Gasteiger partial charge in [-0.1, -0.05) is 12.1 Å². The molecule has 4 nitrogen and oxygen atoms in total. The molecule has 7 heteroatoms. The molecule has 0 radical (unpaired) electrons. The van der Waals surface area contributed by atoms with E-state index in [0.29, 0.717) is 12.1 Å². The number of ether oxygens (including phenoxy) is 1. The second kappa shape index (κ2) is 7.25. The average Bonchev–Trinajstić information content (AvgIpc) is 2.37. The Hall–Kier alpha value is -1.60. The van der Waals surface area contributed by atoms with Gasteiger partial charge in [0.1, 0.15) is 12.7 Å². The Morgan fingerprint density at radius 2 is 1.95 bits per heavy atom. The van der Waals surface area contributed by atoms with Gasteiger partial charge in [-0.15, -0.1) is 0 Å². The zero-order chi connectivity index (χ0) is 15.2. The van der Waals surface area contributed by atoms with E-state index < -0.39 is 24.8 Å². The molecule has 0 aliphatic carbocycles. The molecular formula is C13H16F3NO3. The van der Waals surface area contributed by atoms with Gasteiger partial charge in [-0.3, -0.25) is 4.79 Å². The highest BCUT2D eigenvalue weighted by atomic mass is 19.4. The number of alkyl halides is 3. The molecule has 2 N–H and O–H groups in total. The second-order valence-electron chi connectivity index (χ2n) is 4.23. The van der Waals surface area contributed by atoms with Crippen LogP contribution in [0, 0.1) is 0 Å². The van der Waals surface area contributed by atoms with Crippen LogP contribution in [-0.2, 0) is 16.0 Å². The molecule has 1 amide bonds. The molecule has 0 saturated carbocycles. The number of rotatable bonds is 6. The van der Waals surface area contributed by atoms with Gasteiger partial charge in [0.15, 0.2) is 0 Å². The minimum Gasteiger partial charge on any atom is -0.396 e. The van der Waals surface area contributed by atoms with Crippen LogP contribution in [0.25, 0.3) is 0 Å². The molecule has 20 heavy (non-hydrogen) atoms. The normalized spacial score (nSPS) is 13.1. The van der Waals surface area contributed by atoms with Crippen molar-refractivity contribution in [3.05, 3.63) is 29.8 Å². The molecule has 0 spiro atoms. The first-order chi connectivity index (χ1) is 9.31. The zero-order valence-electron chi connectivity index (χ0n) is 10.9. The molecule has 0 aliphatic rings. The maximum absolute atomic E-state index is 11.9. The first-order valence-electron chi connectivity index (χ1n) is 6.01. The summed E-state index contributed by atoms with van der Waals surface area (Å²) in [5.41, 5.74) is 1.35. The van der Waals surface area contributed by atoms with Gasteiger partial charge in [0.2, 0.25) is 0 Å². The molecule has 1 unspecified atom stereocenters. The molecule has 0 heterocycles. The summed E-state index contributed by atoms with van der Waals surface area (Å²) in [5, 5.41) is 11.2. The number of hydrogen-bond acceptors (Lipinski definition) is 3. The predicted octanol–water partition coefficient (Wildman–Crippen LogP) is 2.13. The van der Waals surface area contributed by atoms with Crippen LogP contribution in [-0.4, -0.2) is 36.5 Å². The lowest BCUT2D eigenvalue weighted by Crippen LogP contribution is -2.31. The number of amides is 1. The van der Waals surface area contributed by atoms with Crippen LogP contribution >= 0.6 is 0 Å². The topological polar surface area (TPSA) is 58.6 Å². The van der Waals surface area contributed by atoms with E-state index in [1.54, 1.807) is 24.3 Å². The van der Waals surface area contributed by atoms with Crippen molar-refractivity contribution in [2.75, 3.05) is 18.5 Å². The standard InChI is InChI=1S/C13H16F3NO3/c1-9(20-8-13(14,15)16)12(19)17-11-4-2-10(3-5-11)6-7-18/h2-5,9,18H,6-8H2,1H3,(H,17,19). The molecule has 0 aliphatic heterocycles. The molecule has 0 bridgehead atoms. The first-order valence-corrected chi connectivity index (χ1v) is 6.01. The van der Waals surface area contributed by atoms with Crippen molar-refractivity contribution in [3.8, 4) is 0 Å². The number of aliphatic hydroxyl groups is 1. The Kier molecular flexibility index (Phi) is 5.97. The second-order valence-corrected chi connectivity index (χ2v) is 4.23. The van der Waals surface area contributed by atoms with E-state index in [0.717, 1.165) is 5.56 Å². The number of anilines is 1. The smallest absolute Gasteiger partial charge is 0.396 e. The van der Waals surface area contributed by atoms with Crippen LogP contribution in [0.2, 0.25) is 0 Å². The molecular weight excluding hydrogens is 275 g/mol. The van der Waals surface area contributed by atoms with Crippen molar-refractivity contribution in [3.63, 3.8) is 0 Å². The summed E-state index contributed by atoms with van der Waals surface area (Å²) >= 11 is 0. The SMILES string of the molecule is CC(OCC(F)(F)F)C(=O)Nc1ccc(CCO)cc1. The number of halogens is 3. The van der Waals surface area contributed by atoms with Crippen molar-refractivity contribution in [2.24, 2.45) is 0 Å². The van der Waals surface area contributed by atoms with Crippen LogP contribution in [0.1, 0.15) is 12.5 Å². The molecule has 0 fully saturated rings. The summed E-state index contributed by atoms with van der Waals surface area (Å²) in [6, 6.07) is 6.65. The minimum atomic E-state index is -4.46. The molecule has 1 atom stereocenters. The van der Waals surface area contributed by atoms with Gasteiger partial charge in [-0.2, -0.15) is 13.2 Å². The Morgan fingerprint density at radius 1 is 1.35 bits per heavy atom. The quantitative estimate of drug-likeness (QED) is 0.844. The highest BCUT2D eigenvalue weighted by molar-refractivity contribution is 5.93. The molecule has 1 rings (SSSR count). The van der Waals surface area contributed by atoms with E-state index in [1.807, 2.05) is 0 Å². The molecule has 0 aromatic heterocycles. The zero-order valence-corrected chi connectivity index (χ0v) is 10.9. The van der Waals surface area contributed by atoms with Crippen molar-refractivity contribution >= 4 is 11.6 Å². The fraction of sp³-hybridized carbons (Fsp3) is 0.462. The number of benzene rings is 1. The highest BCUT2D eigenvalue weighted by Gasteiger charge is 2.29. The van der Waals surface area contributed by atoms with Crippen LogP contribution in [0.3, 0.4) is 0 Å². The minimum absolute atomic E-state index is 0.0218. The van der Waals surface area contributed by atoms with Gasteiger partial charge < -0.3 is 15.2 Å². The van der Waals surface area contributed by atoms with Crippen LogP contribution in [0.4, 0.5) is 18.9 Å². The molecule has 0 saturated heterocycles. The van der Waals surface area contributed by atoms with Crippen LogP contribution in [0.5, 0.6) is 0 Å². The average molecular weight is 291 g/mol. The van der Waals surface area contributed by atoms with Crippen molar-refractivity contribution in [2.45, 2.75) is 25.6 Å². The maximum atomic E-state index is 11.9. The lowest BCUT2D eigenvalue weighted by Gasteiger charge is -2.14. The number of carbonyl (C=O) groups is 1. The van der Waals surface area contributed by atoms with E-state index in [2.05, 4.69) is 10.1 Å². The fourth-order valence-electron chi connectivity index (χ4n) is 1.42. The summed E-state index contributed by atoms with van der Waals surface area (Å²) in [4.78, 5) is 11.6. The Morgan fingerprint density at radius 3 is 2.45 bits per heavy atom. The van der Waals surface area contributed by atoms with Gasteiger partial charge >= 0.3 is 6.18 Å². The van der Waals surface area contributed by atoms with E-state index in [4.69, 9.17) is 5.11 Å². The Bertz CT molecular complexity index is 431. The van der Waals surface area contributed by atoms with Gasteiger partial charge in [-0.25, -0.2) is 0 Å².